The van der Waals surface area contributed by atoms with Crippen molar-refractivity contribution in [1.82, 2.24) is 15.3 Å². The molecule has 0 bridgehead atoms. The summed E-state index contributed by atoms with van der Waals surface area (Å²) in [6.07, 6.45) is 3.29. The second-order valence-corrected chi connectivity index (χ2v) is 7.41. The number of carbonyl (C=O) groups is 2. The number of amides is 2. The number of hydrogen-bond acceptors (Lipinski definition) is 5. The van der Waals surface area contributed by atoms with Crippen LogP contribution in [0.25, 0.3) is 0 Å². The lowest BCUT2D eigenvalue weighted by atomic mass is 10.0. The SMILES string of the molecule is CC(C)c1cc(N2C(=O)NC3c4c2ccnc4SC3C(=O)O)ccn1. The van der Waals surface area contributed by atoms with Crippen molar-refractivity contribution in [1.29, 1.82) is 0 Å². The number of aliphatic carboxylic acids is 1. The molecule has 2 aromatic rings. The van der Waals surface area contributed by atoms with Crippen LogP contribution in [0, 0.1) is 0 Å². The molecule has 7 nitrogen and oxygen atoms in total. The van der Waals surface area contributed by atoms with E-state index in [2.05, 4.69) is 15.3 Å². The van der Waals surface area contributed by atoms with Crippen molar-refractivity contribution >= 4 is 35.1 Å². The molecular formula is C17H16N4O3S. The zero-order valence-corrected chi connectivity index (χ0v) is 14.4. The lowest BCUT2D eigenvalue weighted by Crippen LogP contribution is -2.47. The van der Waals surface area contributed by atoms with Gasteiger partial charge in [0, 0.05) is 23.7 Å². The molecule has 0 saturated heterocycles. The standard InChI is InChI=1S/C17H16N4O3S/c1-8(2)10-7-9(3-5-18-10)21-11-4-6-19-15-12(11)13(20-17(21)24)14(25-15)16(22)23/h3-8,13-14H,1-2H3,(H,20,24)(H,22,23). The number of anilines is 2. The third kappa shape index (κ3) is 2.44. The Kier molecular flexibility index (Phi) is 3.64. The summed E-state index contributed by atoms with van der Waals surface area (Å²) in [5.74, 6) is -0.727. The Labute approximate surface area is 148 Å². The highest BCUT2D eigenvalue weighted by molar-refractivity contribution is 8.00. The van der Waals surface area contributed by atoms with Gasteiger partial charge in [-0.05, 0) is 24.1 Å². The molecule has 4 rings (SSSR count). The molecular weight excluding hydrogens is 340 g/mol. The Morgan fingerprint density at radius 2 is 2.08 bits per heavy atom. The average molecular weight is 356 g/mol. The fourth-order valence-electron chi connectivity index (χ4n) is 3.16. The zero-order valence-electron chi connectivity index (χ0n) is 13.6. The van der Waals surface area contributed by atoms with E-state index in [0.29, 0.717) is 16.4 Å². The highest BCUT2D eigenvalue weighted by Crippen LogP contribution is 2.50. The molecule has 2 amide bonds. The number of carboxylic acids is 1. The van der Waals surface area contributed by atoms with Gasteiger partial charge in [0.05, 0.1) is 17.4 Å². The van der Waals surface area contributed by atoms with Gasteiger partial charge >= 0.3 is 12.0 Å². The molecule has 4 heterocycles. The number of urea groups is 1. The molecule has 0 aromatic carbocycles. The molecule has 2 unspecified atom stereocenters. The fourth-order valence-corrected chi connectivity index (χ4v) is 4.32. The first kappa shape index (κ1) is 15.9. The minimum Gasteiger partial charge on any atom is -0.480 e. The molecule has 0 saturated carbocycles. The van der Waals surface area contributed by atoms with Crippen LogP contribution in [-0.2, 0) is 4.79 Å². The molecule has 2 N–H and O–H groups in total. The molecule has 0 fully saturated rings. The number of nitrogens with zero attached hydrogens (tertiary/aromatic N) is 3. The van der Waals surface area contributed by atoms with E-state index in [0.717, 1.165) is 11.3 Å². The first-order chi connectivity index (χ1) is 12.0. The molecule has 0 spiro atoms. The van der Waals surface area contributed by atoms with Crippen molar-refractivity contribution in [2.45, 2.75) is 36.1 Å². The fraction of sp³-hybridized carbons (Fsp3) is 0.294. The van der Waals surface area contributed by atoms with Crippen molar-refractivity contribution in [3.63, 3.8) is 0 Å². The van der Waals surface area contributed by atoms with Crippen LogP contribution in [0.15, 0.2) is 35.6 Å². The second-order valence-electron chi connectivity index (χ2n) is 6.28. The van der Waals surface area contributed by atoms with Gasteiger partial charge in [-0.1, -0.05) is 25.6 Å². The van der Waals surface area contributed by atoms with Crippen molar-refractivity contribution in [3.05, 3.63) is 41.9 Å². The first-order valence-corrected chi connectivity index (χ1v) is 8.80. The van der Waals surface area contributed by atoms with Gasteiger partial charge < -0.3 is 10.4 Å². The molecule has 25 heavy (non-hydrogen) atoms. The normalized spacial score (nSPS) is 21.2. The van der Waals surface area contributed by atoms with Crippen LogP contribution in [-0.4, -0.2) is 32.3 Å². The smallest absolute Gasteiger partial charge is 0.327 e. The predicted molar refractivity (Wildman–Crippen MR) is 93.3 cm³/mol. The van der Waals surface area contributed by atoms with E-state index in [4.69, 9.17) is 0 Å². The molecule has 128 valence electrons. The van der Waals surface area contributed by atoms with E-state index < -0.39 is 17.3 Å². The van der Waals surface area contributed by atoms with Gasteiger partial charge in [-0.25, -0.2) is 9.78 Å². The molecule has 2 aliphatic rings. The Balaban J connectivity index is 1.84. The van der Waals surface area contributed by atoms with Crippen LogP contribution < -0.4 is 10.2 Å². The maximum atomic E-state index is 12.8. The largest absolute Gasteiger partial charge is 0.480 e. The molecule has 0 radical (unpaired) electrons. The third-order valence-electron chi connectivity index (χ3n) is 4.36. The van der Waals surface area contributed by atoms with Crippen molar-refractivity contribution < 1.29 is 14.7 Å². The Hall–Kier alpha value is -2.61. The lowest BCUT2D eigenvalue weighted by molar-refractivity contribution is -0.136. The Morgan fingerprint density at radius 3 is 2.80 bits per heavy atom. The van der Waals surface area contributed by atoms with E-state index >= 15 is 0 Å². The number of hydrogen-bond donors (Lipinski definition) is 2. The Bertz CT molecular complexity index is 886. The summed E-state index contributed by atoms with van der Waals surface area (Å²) in [4.78, 5) is 34.5. The number of aromatic nitrogens is 2. The van der Waals surface area contributed by atoms with E-state index in [-0.39, 0.29) is 11.9 Å². The quantitative estimate of drug-likeness (QED) is 0.877. The minimum absolute atomic E-state index is 0.232. The number of carboxylic acid groups (broad SMARTS) is 1. The number of nitrogens with one attached hydrogen (secondary N) is 1. The molecule has 8 heteroatoms. The van der Waals surface area contributed by atoms with Gasteiger partial charge in [0.25, 0.3) is 0 Å². The third-order valence-corrected chi connectivity index (χ3v) is 5.64. The number of rotatable bonds is 3. The van der Waals surface area contributed by atoms with Crippen LogP contribution in [0.5, 0.6) is 0 Å². The van der Waals surface area contributed by atoms with Crippen molar-refractivity contribution in [3.8, 4) is 0 Å². The Morgan fingerprint density at radius 1 is 1.32 bits per heavy atom. The first-order valence-electron chi connectivity index (χ1n) is 7.92. The highest BCUT2D eigenvalue weighted by Gasteiger charge is 2.46. The van der Waals surface area contributed by atoms with Gasteiger partial charge in [0.1, 0.15) is 10.3 Å². The van der Waals surface area contributed by atoms with Crippen LogP contribution >= 0.6 is 11.8 Å². The van der Waals surface area contributed by atoms with Crippen LogP contribution in [0.3, 0.4) is 0 Å². The molecule has 2 aromatic heterocycles. The van der Waals surface area contributed by atoms with Gasteiger partial charge in [0.15, 0.2) is 0 Å². The lowest BCUT2D eigenvalue weighted by Gasteiger charge is -2.33. The number of pyridine rings is 2. The monoisotopic (exact) mass is 356 g/mol. The van der Waals surface area contributed by atoms with Gasteiger partial charge in [-0.2, -0.15) is 0 Å². The molecule has 0 aliphatic carbocycles. The number of carbonyl (C=O) groups excluding carboxylic acids is 1. The summed E-state index contributed by atoms with van der Waals surface area (Å²) in [5.41, 5.74) is 3.03. The summed E-state index contributed by atoms with van der Waals surface area (Å²) in [6, 6.07) is 4.50. The van der Waals surface area contributed by atoms with Crippen LogP contribution in [0.2, 0.25) is 0 Å². The van der Waals surface area contributed by atoms with Crippen LogP contribution in [0.4, 0.5) is 16.2 Å². The summed E-state index contributed by atoms with van der Waals surface area (Å²) < 4.78 is 0. The highest BCUT2D eigenvalue weighted by atomic mass is 32.2. The second kappa shape index (κ2) is 5.73. The maximum absolute atomic E-state index is 12.8. The van der Waals surface area contributed by atoms with E-state index in [1.165, 1.54) is 11.8 Å². The van der Waals surface area contributed by atoms with E-state index in [9.17, 15) is 14.7 Å². The van der Waals surface area contributed by atoms with Gasteiger partial charge in [-0.15, -0.1) is 0 Å². The van der Waals surface area contributed by atoms with E-state index in [1.54, 1.807) is 29.4 Å². The minimum atomic E-state index is -0.960. The van der Waals surface area contributed by atoms with E-state index in [1.807, 2.05) is 19.9 Å². The average Bonchev–Trinajstić information content (AvgIpc) is 2.95. The van der Waals surface area contributed by atoms with Crippen molar-refractivity contribution in [2.24, 2.45) is 0 Å². The molecule has 2 atom stereocenters. The van der Waals surface area contributed by atoms with Crippen molar-refractivity contribution in [2.75, 3.05) is 4.90 Å². The maximum Gasteiger partial charge on any atom is 0.327 e. The summed E-state index contributed by atoms with van der Waals surface area (Å²) in [7, 11) is 0. The van der Waals surface area contributed by atoms with Crippen LogP contribution in [0.1, 0.15) is 37.1 Å². The van der Waals surface area contributed by atoms with Gasteiger partial charge in [0.2, 0.25) is 0 Å². The molecule has 2 aliphatic heterocycles. The topological polar surface area (TPSA) is 95.4 Å². The van der Waals surface area contributed by atoms with Gasteiger partial charge in [-0.3, -0.25) is 14.7 Å². The zero-order chi connectivity index (χ0) is 17.7. The summed E-state index contributed by atoms with van der Waals surface area (Å²) in [6.45, 7) is 4.08. The predicted octanol–water partition coefficient (Wildman–Crippen LogP) is 3.06. The summed E-state index contributed by atoms with van der Waals surface area (Å²) in [5, 5.41) is 12.2. The number of thioether (sulfide) groups is 1. The summed E-state index contributed by atoms with van der Waals surface area (Å²) >= 11 is 1.17.